The normalized spacial score (nSPS) is 12.6. The van der Waals surface area contributed by atoms with Crippen molar-refractivity contribution in [3.63, 3.8) is 0 Å². The van der Waals surface area contributed by atoms with Gasteiger partial charge in [-0.25, -0.2) is 0 Å². The number of hydrogen-bond donors (Lipinski definition) is 0. The van der Waals surface area contributed by atoms with Gasteiger partial charge in [0.2, 0.25) is 0 Å². The molecule has 0 N–H and O–H groups in total. The molecular formula is C14H15ClN2O2S. The monoisotopic (exact) mass is 310 g/mol. The van der Waals surface area contributed by atoms with Crippen molar-refractivity contribution in [1.29, 1.82) is 0 Å². The van der Waals surface area contributed by atoms with E-state index in [1.54, 1.807) is 23.5 Å². The van der Waals surface area contributed by atoms with Crippen LogP contribution in [0.2, 0.25) is 5.02 Å². The zero-order valence-corrected chi connectivity index (χ0v) is 12.8. The molecule has 0 aliphatic heterocycles. The second-order valence-electron chi connectivity index (χ2n) is 4.65. The Balaban J connectivity index is 2.13. The molecule has 1 unspecified atom stereocenters. The number of nitro groups is 1. The molecule has 0 saturated heterocycles. The van der Waals surface area contributed by atoms with Crippen molar-refractivity contribution in [3.8, 4) is 0 Å². The fraction of sp³-hybridized carbons (Fsp3) is 0.286. The third-order valence-corrected chi connectivity index (χ3v) is 4.62. The van der Waals surface area contributed by atoms with Gasteiger partial charge >= 0.3 is 0 Å². The molecule has 0 bridgehead atoms. The summed E-state index contributed by atoms with van der Waals surface area (Å²) in [7, 11) is 2.00. The quantitative estimate of drug-likeness (QED) is 0.603. The van der Waals surface area contributed by atoms with E-state index in [0.29, 0.717) is 6.54 Å². The Kier molecular flexibility index (Phi) is 4.75. The van der Waals surface area contributed by atoms with Crippen LogP contribution >= 0.6 is 22.9 Å². The molecule has 0 fully saturated rings. The number of rotatable bonds is 5. The third-order valence-electron chi connectivity index (χ3n) is 3.26. The summed E-state index contributed by atoms with van der Waals surface area (Å²) in [5.41, 5.74) is 0.841. The largest absolute Gasteiger partial charge is 0.295 e. The van der Waals surface area contributed by atoms with Gasteiger partial charge in [0.15, 0.2) is 0 Å². The first-order chi connectivity index (χ1) is 9.49. The molecule has 0 spiro atoms. The fourth-order valence-electron chi connectivity index (χ4n) is 1.97. The predicted octanol–water partition coefficient (Wildman–Crippen LogP) is 4.50. The smallest absolute Gasteiger partial charge is 0.288 e. The van der Waals surface area contributed by atoms with Crippen molar-refractivity contribution in [3.05, 3.63) is 61.3 Å². The molecule has 0 aliphatic rings. The molecule has 0 amide bonds. The Hall–Kier alpha value is -1.43. The molecule has 4 nitrogen and oxygen atoms in total. The number of nitrogens with zero attached hydrogens (tertiary/aromatic N) is 2. The standard InChI is InChI=1S/C14H15ClN2O2S/c1-10(14-4-3-7-20-14)16(2)9-11-5-6-12(15)13(8-11)17(18)19/h3-8,10H,9H2,1-2H3. The van der Waals surface area contributed by atoms with E-state index < -0.39 is 4.92 Å². The first-order valence-corrected chi connectivity index (χ1v) is 7.41. The summed E-state index contributed by atoms with van der Waals surface area (Å²) in [6.45, 7) is 2.76. The van der Waals surface area contributed by atoms with Gasteiger partial charge in [0.1, 0.15) is 5.02 Å². The molecule has 6 heteroatoms. The summed E-state index contributed by atoms with van der Waals surface area (Å²) < 4.78 is 0. The van der Waals surface area contributed by atoms with Crippen molar-refractivity contribution in [2.45, 2.75) is 19.5 Å². The van der Waals surface area contributed by atoms with Crippen LogP contribution in [-0.2, 0) is 6.54 Å². The molecule has 0 aliphatic carbocycles. The lowest BCUT2D eigenvalue weighted by atomic mass is 10.1. The molecule has 106 valence electrons. The maximum Gasteiger partial charge on any atom is 0.288 e. The summed E-state index contributed by atoms with van der Waals surface area (Å²) in [5.74, 6) is 0. The van der Waals surface area contributed by atoms with E-state index in [1.807, 2.05) is 24.6 Å². The zero-order chi connectivity index (χ0) is 14.7. The van der Waals surface area contributed by atoms with E-state index in [9.17, 15) is 10.1 Å². The van der Waals surface area contributed by atoms with Crippen LogP contribution in [0.25, 0.3) is 0 Å². The van der Waals surface area contributed by atoms with Crippen LogP contribution in [0.15, 0.2) is 35.7 Å². The van der Waals surface area contributed by atoms with Gasteiger partial charge in [-0.3, -0.25) is 15.0 Å². The molecule has 1 aromatic carbocycles. The van der Waals surface area contributed by atoms with Crippen molar-refractivity contribution in [2.75, 3.05) is 7.05 Å². The molecule has 1 aromatic heterocycles. The summed E-state index contributed by atoms with van der Waals surface area (Å²) in [6, 6.07) is 9.34. The molecule has 0 saturated carbocycles. The number of thiophene rings is 1. The van der Waals surface area contributed by atoms with Gasteiger partial charge in [-0.05, 0) is 37.0 Å². The van der Waals surface area contributed by atoms with E-state index in [4.69, 9.17) is 11.6 Å². The molecule has 2 rings (SSSR count). The van der Waals surface area contributed by atoms with Crippen LogP contribution < -0.4 is 0 Å². The lowest BCUT2D eigenvalue weighted by Crippen LogP contribution is -2.21. The zero-order valence-electron chi connectivity index (χ0n) is 11.2. The third kappa shape index (κ3) is 3.36. The van der Waals surface area contributed by atoms with Crippen LogP contribution in [0, 0.1) is 10.1 Å². The summed E-state index contributed by atoms with van der Waals surface area (Å²) in [6.07, 6.45) is 0. The number of nitro benzene ring substituents is 1. The van der Waals surface area contributed by atoms with E-state index in [1.165, 1.54) is 4.88 Å². The Morgan fingerprint density at radius 3 is 2.80 bits per heavy atom. The molecule has 0 radical (unpaired) electrons. The van der Waals surface area contributed by atoms with Crippen molar-refractivity contribution < 1.29 is 4.92 Å². The fourth-order valence-corrected chi connectivity index (χ4v) is 3.00. The summed E-state index contributed by atoms with van der Waals surface area (Å²) >= 11 is 7.53. The lowest BCUT2D eigenvalue weighted by molar-refractivity contribution is -0.384. The van der Waals surface area contributed by atoms with Crippen molar-refractivity contribution in [2.24, 2.45) is 0 Å². The van der Waals surface area contributed by atoms with E-state index in [-0.39, 0.29) is 16.8 Å². The average molecular weight is 311 g/mol. The lowest BCUT2D eigenvalue weighted by Gasteiger charge is -2.23. The molecule has 1 heterocycles. The molecule has 2 aromatic rings. The van der Waals surface area contributed by atoms with Crippen LogP contribution in [0.5, 0.6) is 0 Å². The second kappa shape index (κ2) is 6.35. The Labute approximate surface area is 126 Å². The maximum atomic E-state index is 10.9. The van der Waals surface area contributed by atoms with Crippen LogP contribution in [0.1, 0.15) is 23.4 Å². The molecule has 20 heavy (non-hydrogen) atoms. The topological polar surface area (TPSA) is 46.4 Å². The van der Waals surface area contributed by atoms with Gasteiger partial charge in [0, 0.05) is 23.5 Å². The van der Waals surface area contributed by atoms with E-state index >= 15 is 0 Å². The Bertz CT molecular complexity index is 601. The summed E-state index contributed by atoms with van der Waals surface area (Å²) in [4.78, 5) is 13.9. The minimum atomic E-state index is -0.450. The number of hydrogen-bond acceptors (Lipinski definition) is 4. The highest BCUT2D eigenvalue weighted by Gasteiger charge is 2.16. The minimum Gasteiger partial charge on any atom is -0.295 e. The highest BCUT2D eigenvalue weighted by Crippen LogP contribution is 2.28. The second-order valence-corrected chi connectivity index (χ2v) is 6.04. The van der Waals surface area contributed by atoms with Gasteiger partial charge in [0.05, 0.1) is 4.92 Å². The predicted molar refractivity (Wildman–Crippen MR) is 82.3 cm³/mol. The van der Waals surface area contributed by atoms with Gasteiger partial charge in [0.25, 0.3) is 5.69 Å². The highest BCUT2D eigenvalue weighted by molar-refractivity contribution is 7.10. The van der Waals surface area contributed by atoms with Crippen LogP contribution in [0.3, 0.4) is 0 Å². The van der Waals surface area contributed by atoms with Gasteiger partial charge in [-0.2, -0.15) is 0 Å². The van der Waals surface area contributed by atoms with Gasteiger partial charge in [-0.15, -0.1) is 11.3 Å². The van der Waals surface area contributed by atoms with Crippen molar-refractivity contribution >= 4 is 28.6 Å². The highest BCUT2D eigenvalue weighted by atomic mass is 35.5. The Morgan fingerprint density at radius 2 is 2.20 bits per heavy atom. The van der Waals surface area contributed by atoms with Crippen LogP contribution in [0.4, 0.5) is 5.69 Å². The number of benzene rings is 1. The molecular weight excluding hydrogens is 296 g/mol. The first-order valence-electron chi connectivity index (χ1n) is 6.15. The van der Waals surface area contributed by atoms with Crippen LogP contribution in [-0.4, -0.2) is 16.9 Å². The first kappa shape index (κ1) is 15.0. The minimum absolute atomic E-state index is 0.0404. The van der Waals surface area contributed by atoms with E-state index in [0.717, 1.165) is 5.56 Å². The maximum absolute atomic E-state index is 10.9. The SMILES string of the molecule is CC(c1cccs1)N(C)Cc1ccc(Cl)c([N+](=O)[O-])c1. The Morgan fingerprint density at radius 1 is 1.45 bits per heavy atom. The van der Waals surface area contributed by atoms with E-state index in [2.05, 4.69) is 17.9 Å². The summed E-state index contributed by atoms with van der Waals surface area (Å²) in [5, 5.41) is 13.1. The molecule has 1 atom stereocenters. The van der Waals surface area contributed by atoms with Crippen molar-refractivity contribution in [1.82, 2.24) is 4.90 Å². The van der Waals surface area contributed by atoms with Gasteiger partial charge in [-0.1, -0.05) is 23.7 Å². The van der Waals surface area contributed by atoms with Gasteiger partial charge < -0.3 is 0 Å². The average Bonchev–Trinajstić information content (AvgIpc) is 2.93. The number of halogens is 1.